The summed E-state index contributed by atoms with van der Waals surface area (Å²) in [5.41, 5.74) is 1.42. The molecule has 0 aliphatic heterocycles. The van der Waals surface area contributed by atoms with Crippen LogP contribution >= 0.6 is 0 Å². The second-order valence-corrected chi connectivity index (χ2v) is 6.87. The maximum atomic E-state index is 11.4. The number of hydrogen-bond acceptors (Lipinski definition) is 8. The molecule has 11 heteroatoms. The molecule has 2 atom stereocenters. The molecule has 0 aliphatic rings. The molecule has 0 saturated carbocycles. The molecule has 0 fully saturated rings. The Morgan fingerprint density at radius 1 is 1.03 bits per heavy atom. The predicted octanol–water partition coefficient (Wildman–Crippen LogP) is 3.13. The van der Waals surface area contributed by atoms with E-state index in [1.54, 1.807) is 42.5 Å². The molecule has 32 heavy (non-hydrogen) atoms. The van der Waals surface area contributed by atoms with Crippen molar-refractivity contribution >= 4 is 29.1 Å². The number of aliphatic carboxylic acids is 1. The molecule has 10 nitrogen and oxygen atoms in total. The number of benzene rings is 2. The minimum absolute atomic E-state index is 0.340. The highest BCUT2D eigenvalue weighted by molar-refractivity contribution is 7.74. The second kappa shape index (κ2) is 11.9. The van der Waals surface area contributed by atoms with Crippen molar-refractivity contribution in [1.82, 2.24) is 0 Å². The van der Waals surface area contributed by atoms with Gasteiger partial charge in [-0.3, -0.25) is 13.5 Å². The Morgan fingerprint density at radius 3 is 2.16 bits per heavy atom. The standard InChI is InChI=1S/C21H25NO9S/c1-27-14-10-19(29-3)15(20(11-14)30-4)6-8-17(31-32(25)26)13-5-7-18(28-2)16(9-13)22-12-21(23)24/h5-11,17,22H,12H2,1-4H3,(H,23,24)(H,25,26)/b8-6+. The normalized spacial score (nSPS) is 12.8. The number of carboxylic acids is 1. The molecule has 174 valence electrons. The van der Waals surface area contributed by atoms with Crippen molar-refractivity contribution in [2.24, 2.45) is 0 Å². The minimum Gasteiger partial charge on any atom is -0.496 e. The number of methoxy groups -OCH3 is 4. The summed E-state index contributed by atoms with van der Waals surface area (Å²) in [6.45, 7) is -0.340. The molecule has 0 aromatic heterocycles. The lowest BCUT2D eigenvalue weighted by Gasteiger charge is -2.17. The van der Waals surface area contributed by atoms with Gasteiger partial charge in [0.1, 0.15) is 35.6 Å². The zero-order chi connectivity index (χ0) is 23.7. The summed E-state index contributed by atoms with van der Waals surface area (Å²) in [6.07, 6.45) is 2.21. The topological polar surface area (TPSA) is 133 Å². The summed E-state index contributed by atoms with van der Waals surface area (Å²) in [6, 6.07) is 8.15. The van der Waals surface area contributed by atoms with Crippen LogP contribution in [-0.4, -0.2) is 54.8 Å². The smallest absolute Gasteiger partial charge is 0.322 e. The van der Waals surface area contributed by atoms with Gasteiger partial charge in [0.15, 0.2) is 0 Å². The Kier molecular flexibility index (Phi) is 9.32. The molecular weight excluding hydrogens is 442 g/mol. The highest BCUT2D eigenvalue weighted by Crippen LogP contribution is 2.36. The lowest BCUT2D eigenvalue weighted by Crippen LogP contribution is -2.13. The van der Waals surface area contributed by atoms with Gasteiger partial charge in [-0.05, 0) is 29.8 Å². The molecule has 2 aromatic carbocycles. The summed E-state index contributed by atoms with van der Waals surface area (Å²) >= 11 is -2.58. The van der Waals surface area contributed by atoms with Crippen LogP contribution in [0.2, 0.25) is 0 Å². The summed E-state index contributed by atoms with van der Waals surface area (Å²) in [7, 11) is 5.95. The highest BCUT2D eigenvalue weighted by atomic mass is 32.2. The van der Waals surface area contributed by atoms with Gasteiger partial charge >= 0.3 is 17.3 Å². The SMILES string of the molecule is COc1cc(OC)c(/C=C/C(OS(=O)O)c2ccc(OC)c(NCC(=O)O)c2)c(OC)c1. The van der Waals surface area contributed by atoms with Crippen molar-refractivity contribution in [3.8, 4) is 23.0 Å². The zero-order valence-corrected chi connectivity index (χ0v) is 18.8. The van der Waals surface area contributed by atoms with Crippen molar-refractivity contribution in [3.63, 3.8) is 0 Å². The van der Waals surface area contributed by atoms with E-state index in [0.717, 1.165) is 0 Å². The fourth-order valence-corrected chi connectivity index (χ4v) is 3.23. The van der Waals surface area contributed by atoms with Gasteiger partial charge < -0.3 is 29.4 Å². The van der Waals surface area contributed by atoms with Crippen LogP contribution in [0.1, 0.15) is 17.2 Å². The van der Waals surface area contributed by atoms with Crippen LogP contribution < -0.4 is 24.3 Å². The van der Waals surface area contributed by atoms with Crippen molar-refractivity contribution in [2.45, 2.75) is 6.10 Å². The lowest BCUT2D eigenvalue weighted by molar-refractivity contribution is -0.134. The first-order chi connectivity index (χ1) is 15.3. The van der Waals surface area contributed by atoms with Crippen LogP contribution in [0.3, 0.4) is 0 Å². The van der Waals surface area contributed by atoms with E-state index in [4.69, 9.17) is 28.2 Å². The third-order valence-electron chi connectivity index (χ3n) is 4.36. The monoisotopic (exact) mass is 467 g/mol. The first-order valence-corrected chi connectivity index (χ1v) is 10.3. The molecule has 3 N–H and O–H groups in total. The Balaban J connectivity index is 2.48. The Labute approximate surface area is 188 Å². The van der Waals surface area contributed by atoms with Gasteiger partial charge in [0.05, 0.1) is 39.7 Å². The zero-order valence-electron chi connectivity index (χ0n) is 18.0. The third kappa shape index (κ3) is 6.61. The van der Waals surface area contributed by atoms with Crippen LogP contribution in [0.5, 0.6) is 23.0 Å². The molecule has 0 heterocycles. The fourth-order valence-electron chi connectivity index (χ4n) is 2.88. The number of carboxylic acid groups (broad SMARTS) is 1. The van der Waals surface area contributed by atoms with Crippen molar-refractivity contribution in [1.29, 1.82) is 0 Å². The Hall–Kier alpha value is -3.28. The van der Waals surface area contributed by atoms with Gasteiger partial charge in [0, 0.05) is 12.1 Å². The molecule has 0 radical (unpaired) electrons. The van der Waals surface area contributed by atoms with E-state index in [2.05, 4.69) is 5.32 Å². The number of carbonyl (C=O) groups is 1. The molecule has 2 rings (SSSR count). The van der Waals surface area contributed by atoms with Gasteiger partial charge in [-0.2, -0.15) is 4.21 Å². The molecule has 0 aliphatic carbocycles. The van der Waals surface area contributed by atoms with E-state index in [-0.39, 0.29) is 6.54 Å². The molecule has 0 saturated heterocycles. The molecular formula is C21H25NO9S. The Morgan fingerprint density at radius 2 is 1.66 bits per heavy atom. The number of nitrogens with one attached hydrogen (secondary N) is 1. The quantitative estimate of drug-likeness (QED) is 0.400. The van der Waals surface area contributed by atoms with Crippen LogP contribution in [0.15, 0.2) is 36.4 Å². The van der Waals surface area contributed by atoms with Crippen LogP contribution in [-0.2, 0) is 20.3 Å². The molecule has 0 spiro atoms. The minimum atomic E-state index is -2.58. The lowest BCUT2D eigenvalue weighted by atomic mass is 10.1. The molecule has 0 bridgehead atoms. The molecule has 0 amide bonds. The van der Waals surface area contributed by atoms with Crippen molar-refractivity contribution in [3.05, 3.63) is 47.5 Å². The van der Waals surface area contributed by atoms with Gasteiger partial charge in [-0.15, -0.1) is 0 Å². The van der Waals surface area contributed by atoms with Gasteiger partial charge in [0.25, 0.3) is 0 Å². The average molecular weight is 467 g/mol. The summed E-state index contributed by atoms with van der Waals surface area (Å²) in [4.78, 5) is 10.9. The molecule has 2 unspecified atom stereocenters. The van der Waals surface area contributed by atoms with Crippen LogP contribution in [0, 0.1) is 0 Å². The van der Waals surface area contributed by atoms with Crippen LogP contribution in [0.4, 0.5) is 5.69 Å². The number of rotatable bonds is 12. The first kappa shape index (κ1) is 25.0. The van der Waals surface area contributed by atoms with E-state index in [1.807, 2.05) is 0 Å². The van der Waals surface area contributed by atoms with Crippen molar-refractivity contribution < 1.29 is 41.8 Å². The largest absolute Gasteiger partial charge is 0.496 e. The number of anilines is 1. The summed E-state index contributed by atoms with van der Waals surface area (Å²) in [5.74, 6) is 0.797. The van der Waals surface area contributed by atoms with Crippen molar-refractivity contribution in [2.75, 3.05) is 40.3 Å². The van der Waals surface area contributed by atoms with E-state index in [1.165, 1.54) is 28.4 Å². The van der Waals surface area contributed by atoms with Gasteiger partial charge in [-0.25, -0.2) is 0 Å². The second-order valence-electron chi connectivity index (χ2n) is 6.25. The maximum Gasteiger partial charge on any atom is 0.322 e. The van der Waals surface area contributed by atoms with E-state index in [9.17, 15) is 13.6 Å². The maximum absolute atomic E-state index is 11.4. The number of hydrogen-bond donors (Lipinski definition) is 3. The van der Waals surface area contributed by atoms with E-state index >= 15 is 0 Å². The Bertz CT molecular complexity index is 968. The third-order valence-corrected chi connectivity index (χ3v) is 4.73. The van der Waals surface area contributed by atoms with Gasteiger partial charge in [0.2, 0.25) is 0 Å². The summed E-state index contributed by atoms with van der Waals surface area (Å²) in [5, 5.41) is 11.7. The van der Waals surface area contributed by atoms with E-state index in [0.29, 0.717) is 39.8 Å². The first-order valence-electron chi connectivity index (χ1n) is 9.22. The van der Waals surface area contributed by atoms with E-state index < -0.39 is 23.4 Å². The van der Waals surface area contributed by atoms with Crippen LogP contribution in [0.25, 0.3) is 6.08 Å². The average Bonchev–Trinajstić information content (AvgIpc) is 2.79. The predicted molar refractivity (Wildman–Crippen MR) is 119 cm³/mol. The number of ether oxygens (including phenoxy) is 4. The highest BCUT2D eigenvalue weighted by Gasteiger charge is 2.17. The fraction of sp³-hybridized carbons (Fsp3) is 0.286. The van der Waals surface area contributed by atoms with Gasteiger partial charge in [-0.1, -0.05) is 6.07 Å². The molecule has 2 aromatic rings. The summed E-state index contributed by atoms with van der Waals surface area (Å²) < 4.78 is 47.2.